The van der Waals surface area contributed by atoms with Gasteiger partial charge in [-0.1, -0.05) is 29.3 Å². The maximum Gasteiger partial charge on any atom is 0.328 e. The number of nitrogens with one attached hydrogen (secondary N) is 1. The van der Waals surface area contributed by atoms with Crippen LogP contribution in [0.2, 0.25) is 10.0 Å². The van der Waals surface area contributed by atoms with Crippen LogP contribution in [-0.2, 0) is 20.8 Å². The Bertz CT molecular complexity index is 655. The minimum atomic E-state index is -1.26. The van der Waals surface area contributed by atoms with E-state index in [1.807, 2.05) is 11.0 Å². The number of hydrogen-bond acceptors (Lipinski definition) is 4. The highest BCUT2D eigenvalue weighted by Crippen LogP contribution is 2.23. The normalized spacial score (nSPS) is 14.3. The summed E-state index contributed by atoms with van der Waals surface area (Å²) in [5.41, 5.74) is 0.909. The third kappa shape index (κ3) is 8.84. The molecule has 1 aliphatic rings. The molecule has 1 amide bonds. The quantitative estimate of drug-likeness (QED) is 0.665. The molecule has 0 saturated carbocycles. The van der Waals surface area contributed by atoms with Crippen molar-refractivity contribution >= 4 is 41.0 Å². The Balaban J connectivity index is 0.000000359. The second-order valence-electron chi connectivity index (χ2n) is 5.42. The second-order valence-corrected chi connectivity index (χ2v) is 6.23. The van der Waals surface area contributed by atoms with E-state index in [0.717, 1.165) is 38.2 Å². The van der Waals surface area contributed by atoms with E-state index in [0.29, 0.717) is 28.6 Å². The molecule has 0 unspecified atom stereocenters. The molecule has 142 valence electrons. The van der Waals surface area contributed by atoms with E-state index in [-0.39, 0.29) is 5.91 Å². The number of benzene rings is 1. The van der Waals surface area contributed by atoms with E-state index in [9.17, 15) is 14.4 Å². The SMILES string of the molecule is O=C(Cc1ccc(Cl)c(Cl)c1)N1CCCNCC1.O=C(O)/C=C/C(=O)O. The van der Waals surface area contributed by atoms with Gasteiger partial charge in [0.15, 0.2) is 0 Å². The lowest BCUT2D eigenvalue weighted by atomic mass is 10.1. The van der Waals surface area contributed by atoms with Gasteiger partial charge in [-0.2, -0.15) is 0 Å². The number of nitrogens with zero attached hydrogens (tertiary/aromatic N) is 1. The van der Waals surface area contributed by atoms with Gasteiger partial charge < -0.3 is 20.4 Å². The van der Waals surface area contributed by atoms with Gasteiger partial charge in [-0.3, -0.25) is 4.79 Å². The molecule has 1 heterocycles. The van der Waals surface area contributed by atoms with Crippen LogP contribution in [0.25, 0.3) is 0 Å². The van der Waals surface area contributed by atoms with Gasteiger partial charge in [0, 0.05) is 31.8 Å². The molecule has 0 aromatic heterocycles. The summed E-state index contributed by atoms with van der Waals surface area (Å²) in [6.07, 6.45) is 2.51. The van der Waals surface area contributed by atoms with Crippen molar-refractivity contribution in [1.29, 1.82) is 0 Å². The summed E-state index contributed by atoms with van der Waals surface area (Å²) in [6, 6.07) is 5.34. The first-order valence-corrected chi connectivity index (χ1v) is 8.61. The molecule has 26 heavy (non-hydrogen) atoms. The highest BCUT2D eigenvalue weighted by molar-refractivity contribution is 6.42. The van der Waals surface area contributed by atoms with Crippen LogP contribution in [0.1, 0.15) is 12.0 Å². The summed E-state index contributed by atoms with van der Waals surface area (Å²) in [6.45, 7) is 3.46. The number of rotatable bonds is 4. The molecule has 0 aliphatic carbocycles. The van der Waals surface area contributed by atoms with Crippen molar-refractivity contribution in [3.63, 3.8) is 0 Å². The molecule has 7 nitrogen and oxygen atoms in total. The van der Waals surface area contributed by atoms with Gasteiger partial charge in [0.2, 0.25) is 5.91 Å². The van der Waals surface area contributed by atoms with Crippen molar-refractivity contribution < 1.29 is 24.6 Å². The molecular formula is C17H20Cl2N2O5. The van der Waals surface area contributed by atoms with Crippen LogP contribution in [0.4, 0.5) is 0 Å². The van der Waals surface area contributed by atoms with Gasteiger partial charge in [0.1, 0.15) is 0 Å². The summed E-state index contributed by atoms with van der Waals surface area (Å²) in [7, 11) is 0. The van der Waals surface area contributed by atoms with Crippen LogP contribution in [0.5, 0.6) is 0 Å². The summed E-state index contributed by atoms with van der Waals surface area (Å²) >= 11 is 11.8. The van der Waals surface area contributed by atoms with Crippen LogP contribution >= 0.6 is 23.2 Å². The van der Waals surface area contributed by atoms with Gasteiger partial charge in [-0.25, -0.2) is 9.59 Å². The fourth-order valence-electron chi connectivity index (χ4n) is 2.17. The summed E-state index contributed by atoms with van der Waals surface area (Å²) < 4.78 is 0. The Morgan fingerprint density at radius 2 is 1.69 bits per heavy atom. The number of carboxylic acid groups (broad SMARTS) is 2. The maximum atomic E-state index is 12.1. The second kappa shape index (κ2) is 11.5. The van der Waals surface area contributed by atoms with E-state index in [4.69, 9.17) is 33.4 Å². The summed E-state index contributed by atoms with van der Waals surface area (Å²) in [4.78, 5) is 33.2. The third-order valence-electron chi connectivity index (χ3n) is 3.40. The highest BCUT2D eigenvalue weighted by Gasteiger charge is 2.15. The molecule has 2 rings (SSSR count). The van der Waals surface area contributed by atoms with Crippen molar-refractivity contribution in [2.75, 3.05) is 26.2 Å². The molecule has 1 aromatic rings. The lowest BCUT2D eigenvalue weighted by molar-refractivity contribution is -0.134. The van der Waals surface area contributed by atoms with Gasteiger partial charge >= 0.3 is 11.9 Å². The molecule has 0 atom stereocenters. The Hall–Kier alpha value is -2.09. The molecule has 0 spiro atoms. The number of carboxylic acids is 2. The molecule has 1 aromatic carbocycles. The van der Waals surface area contributed by atoms with Crippen molar-refractivity contribution in [1.82, 2.24) is 10.2 Å². The monoisotopic (exact) mass is 402 g/mol. The minimum Gasteiger partial charge on any atom is -0.478 e. The topological polar surface area (TPSA) is 107 Å². The first-order chi connectivity index (χ1) is 12.3. The van der Waals surface area contributed by atoms with Crippen molar-refractivity contribution in [2.24, 2.45) is 0 Å². The van der Waals surface area contributed by atoms with Crippen LogP contribution in [-0.4, -0.2) is 59.1 Å². The number of carbonyl (C=O) groups excluding carboxylic acids is 1. The number of aliphatic carboxylic acids is 2. The van der Waals surface area contributed by atoms with Crippen molar-refractivity contribution in [3.05, 3.63) is 46.0 Å². The third-order valence-corrected chi connectivity index (χ3v) is 4.14. The van der Waals surface area contributed by atoms with Gasteiger partial charge in [-0.15, -0.1) is 0 Å². The van der Waals surface area contributed by atoms with Crippen molar-refractivity contribution in [3.8, 4) is 0 Å². The lowest BCUT2D eigenvalue weighted by Crippen LogP contribution is -2.35. The van der Waals surface area contributed by atoms with E-state index in [1.54, 1.807) is 12.1 Å². The molecule has 1 aliphatic heterocycles. The molecule has 0 radical (unpaired) electrons. The van der Waals surface area contributed by atoms with Crippen LogP contribution in [0, 0.1) is 0 Å². The predicted octanol–water partition coefficient (Wildman–Crippen LogP) is 2.07. The average Bonchev–Trinajstić information content (AvgIpc) is 2.86. The maximum absolute atomic E-state index is 12.1. The average molecular weight is 403 g/mol. The molecule has 1 saturated heterocycles. The van der Waals surface area contributed by atoms with E-state index in [2.05, 4.69) is 5.32 Å². The van der Waals surface area contributed by atoms with Gasteiger partial charge in [0.25, 0.3) is 0 Å². The number of carbonyl (C=O) groups is 3. The zero-order valence-corrected chi connectivity index (χ0v) is 15.5. The fraction of sp³-hybridized carbons (Fsp3) is 0.353. The van der Waals surface area contributed by atoms with Crippen LogP contribution in [0.15, 0.2) is 30.4 Å². The summed E-state index contributed by atoms with van der Waals surface area (Å²) in [5, 5.41) is 19.9. The molecular weight excluding hydrogens is 383 g/mol. The van der Waals surface area contributed by atoms with E-state index < -0.39 is 11.9 Å². The standard InChI is InChI=1S/C13H16Cl2N2O.C4H4O4/c14-11-3-2-10(8-12(11)15)9-13(18)17-6-1-4-16-5-7-17;5-3(6)1-2-4(7)8/h2-3,8,16H,1,4-7,9H2;1-2H,(H,5,6)(H,7,8)/b;2-1+. The number of halogens is 2. The van der Waals surface area contributed by atoms with Crippen molar-refractivity contribution in [2.45, 2.75) is 12.8 Å². The Morgan fingerprint density at radius 3 is 2.27 bits per heavy atom. The zero-order chi connectivity index (χ0) is 19.5. The molecule has 1 fully saturated rings. The molecule has 0 bridgehead atoms. The Labute approximate surface area is 161 Å². The fourth-order valence-corrected chi connectivity index (χ4v) is 2.49. The number of amides is 1. The van der Waals surface area contributed by atoms with Gasteiger partial charge in [-0.05, 0) is 30.7 Å². The zero-order valence-electron chi connectivity index (χ0n) is 14.0. The minimum absolute atomic E-state index is 0.150. The molecule has 9 heteroatoms. The Kier molecular flexibility index (Phi) is 9.72. The first kappa shape index (κ1) is 22.0. The largest absolute Gasteiger partial charge is 0.478 e. The van der Waals surface area contributed by atoms with Crippen LogP contribution in [0.3, 0.4) is 0 Å². The lowest BCUT2D eigenvalue weighted by Gasteiger charge is -2.20. The molecule has 3 N–H and O–H groups in total. The smallest absolute Gasteiger partial charge is 0.328 e. The Morgan fingerprint density at radius 1 is 1.04 bits per heavy atom. The first-order valence-electron chi connectivity index (χ1n) is 7.86. The predicted molar refractivity (Wildman–Crippen MR) is 98.6 cm³/mol. The van der Waals surface area contributed by atoms with E-state index in [1.165, 1.54) is 0 Å². The summed E-state index contributed by atoms with van der Waals surface area (Å²) in [5.74, 6) is -2.36. The highest BCUT2D eigenvalue weighted by atomic mass is 35.5. The number of hydrogen-bond donors (Lipinski definition) is 3. The van der Waals surface area contributed by atoms with Gasteiger partial charge in [0.05, 0.1) is 16.5 Å². The van der Waals surface area contributed by atoms with E-state index >= 15 is 0 Å². The van der Waals surface area contributed by atoms with Crippen LogP contribution < -0.4 is 5.32 Å².